The van der Waals surface area contributed by atoms with Crippen LogP contribution in [0.25, 0.3) is 0 Å². The van der Waals surface area contributed by atoms with Crippen molar-refractivity contribution in [3.63, 3.8) is 0 Å². The molecule has 4 N–H and O–H groups in total. The Kier molecular flexibility index (Phi) is 7.81. The quantitative estimate of drug-likeness (QED) is 0.478. The Morgan fingerprint density at radius 3 is 2.07 bits per heavy atom. The number of nitrogens with two attached hydrogens (primary N) is 1. The molecule has 7 heteroatoms. The van der Waals surface area contributed by atoms with Gasteiger partial charge in [-0.3, -0.25) is 0 Å². The normalized spacial score (nSPS) is 12.7. The van der Waals surface area contributed by atoms with Crippen molar-refractivity contribution in [1.29, 1.82) is 0 Å². The molecule has 0 saturated heterocycles. The second-order valence-corrected chi connectivity index (χ2v) is 9.57. The lowest BCUT2D eigenvalue weighted by Gasteiger charge is -2.19. The summed E-state index contributed by atoms with van der Waals surface area (Å²) in [6.45, 7) is 10.6. The number of primary sulfonamides is 1. The largest absolute Gasteiger partial charge is 0.357 e. The summed E-state index contributed by atoms with van der Waals surface area (Å²) in [5.41, 5.74) is 3.68. The van der Waals surface area contributed by atoms with Gasteiger partial charge in [0, 0.05) is 13.1 Å². The van der Waals surface area contributed by atoms with Crippen LogP contribution >= 0.6 is 0 Å². The van der Waals surface area contributed by atoms with E-state index in [1.807, 2.05) is 6.92 Å². The minimum Gasteiger partial charge on any atom is -0.357 e. The van der Waals surface area contributed by atoms with Crippen LogP contribution in [0, 0.1) is 0 Å². The number of sulfonamides is 1. The molecular weight excluding hydrogens is 384 g/mol. The second-order valence-electron chi connectivity index (χ2n) is 8.01. The Labute approximate surface area is 174 Å². The lowest BCUT2D eigenvalue weighted by Crippen LogP contribution is -2.38. The van der Waals surface area contributed by atoms with Gasteiger partial charge in [0.2, 0.25) is 10.0 Å². The van der Waals surface area contributed by atoms with Gasteiger partial charge in [-0.2, -0.15) is 0 Å². The van der Waals surface area contributed by atoms with Crippen molar-refractivity contribution in [1.82, 2.24) is 10.6 Å². The fourth-order valence-electron chi connectivity index (χ4n) is 2.79. The molecule has 0 aromatic heterocycles. The molecule has 0 amide bonds. The molecule has 29 heavy (non-hydrogen) atoms. The smallest absolute Gasteiger partial charge is 0.238 e. The van der Waals surface area contributed by atoms with Crippen LogP contribution in [0.1, 0.15) is 44.4 Å². The van der Waals surface area contributed by atoms with Crippen LogP contribution in [-0.2, 0) is 28.4 Å². The summed E-state index contributed by atoms with van der Waals surface area (Å²) < 4.78 is 22.7. The van der Waals surface area contributed by atoms with E-state index in [1.54, 1.807) is 12.1 Å². The van der Waals surface area contributed by atoms with Gasteiger partial charge in [-0.15, -0.1) is 0 Å². The molecule has 158 valence electrons. The summed E-state index contributed by atoms with van der Waals surface area (Å²) in [6.07, 6.45) is 0.901. The molecule has 0 saturated carbocycles. The number of nitrogens with zero attached hydrogens (tertiary/aromatic N) is 1. The number of benzene rings is 2. The molecule has 0 spiro atoms. The van der Waals surface area contributed by atoms with E-state index in [1.165, 1.54) is 23.3 Å². The summed E-state index contributed by atoms with van der Waals surface area (Å²) in [5.74, 6) is 0.731. The zero-order chi connectivity index (χ0) is 21.5. The minimum absolute atomic E-state index is 0.104. The third-order valence-corrected chi connectivity index (χ3v) is 5.47. The third kappa shape index (κ3) is 7.51. The van der Waals surface area contributed by atoms with Crippen LogP contribution in [0.5, 0.6) is 0 Å². The molecule has 0 aliphatic rings. The van der Waals surface area contributed by atoms with Gasteiger partial charge in [0.05, 0.1) is 11.4 Å². The van der Waals surface area contributed by atoms with Crippen LogP contribution in [0.2, 0.25) is 0 Å². The average Bonchev–Trinajstić information content (AvgIpc) is 2.65. The number of nitrogens with one attached hydrogen (secondary N) is 2. The predicted octanol–water partition coefficient (Wildman–Crippen LogP) is 2.93. The van der Waals surface area contributed by atoms with Crippen molar-refractivity contribution in [2.45, 2.75) is 51.0 Å². The van der Waals surface area contributed by atoms with Gasteiger partial charge >= 0.3 is 0 Å². The van der Waals surface area contributed by atoms with E-state index >= 15 is 0 Å². The van der Waals surface area contributed by atoms with Crippen molar-refractivity contribution in [2.75, 3.05) is 13.1 Å². The van der Waals surface area contributed by atoms with Gasteiger partial charge in [0.15, 0.2) is 5.96 Å². The Morgan fingerprint density at radius 2 is 1.55 bits per heavy atom. The Bertz CT molecular complexity index is 913. The van der Waals surface area contributed by atoms with Crippen molar-refractivity contribution < 1.29 is 8.42 Å². The zero-order valence-corrected chi connectivity index (χ0v) is 18.5. The topological polar surface area (TPSA) is 96.6 Å². The van der Waals surface area contributed by atoms with E-state index in [0.29, 0.717) is 6.54 Å². The number of hydrogen-bond donors (Lipinski definition) is 3. The lowest BCUT2D eigenvalue weighted by molar-refractivity contribution is 0.590. The predicted molar refractivity (Wildman–Crippen MR) is 119 cm³/mol. The monoisotopic (exact) mass is 416 g/mol. The first-order valence-corrected chi connectivity index (χ1v) is 11.4. The van der Waals surface area contributed by atoms with Crippen molar-refractivity contribution in [3.8, 4) is 0 Å². The van der Waals surface area contributed by atoms with E-state index in [2.05, 4.69) is 60.7 Å². The third-order valence-electron chi connectivity index (χ3n) is 4.54. The maximum absolute atomic E-state index is 11.3. The van der Waals surface area contributed by atoms with Gasteiger partial charge in [-0.05, 0) is 47.6 Å². The van der Waals surface area contributed by atoms with Gasteiger partial charge in [0.1, 0.15) is 0 Å². The highest BCUT2D eigenvalue weighted by Crippen LogP contribution is 2.22. The zero-order valence-electron chi connectivity index (χ0n) is 17.7. The van der Waals surface area contributed by atoms with Crippen LogP contribution in [0.4, 0.5) is 0 Å². The molecule has 0 heterocycles. The van der Waals surface area contributed by atoms with E-state index < -0.39 is 10.0 Å². The van der Waals surface area contributed by atoms with Crippen LogP contribution in [-0.4, -0.2) is 27.5 Å². The second kappa shape index (κ2) is 9.89. The molecule has 0 aliphatic carbocycles. The van der Waals surface area contributed by atoms with Crippen molar-refractivity contribution in [2.24, 2.45) is 10.1 Å². The van der Waals surface area contributed by atoms with Crippen LogP contribution in [0.15, 0.2) is 58.4 Å². The summed E-state index contributed by atoms with van der Waals surface area (Å²) in [7, 11) is -3.67. The standard InChI is InChI=1S/C22H32N4O2S/c1-5-24-21(26-16-18-8-12-20(13-9-18)29(23,27)28)25-15-14-17-6-10-19(11-7-17)22(2,3)4/h6-13H,5,14-16H2,1-4H3,(H2,23,27,28)(H2,24,25,26). The van der Waals surface area contributed by atoms with Crippen molar-refractivity contribution in [3.05, 3.63) is 65.2 Å². The lowest BCUT2D eigenvalue weighted by atomic mass is 9.86. The minimum atomic E-state index is -3.67. The molecule has 0 unspecified atom stereocenters. The van der Waals surface area contributed by atoms with Gasteiger partial charge in [0.25, 0.3) is 0 Å². The molecule has 2 rings (SSSR count). The Morgan fingerprint density at radius 1 is 0.966 bits per heavy atom. The molecule has 0 radical (unpaired) electrons. The molecule has 0 bridgehead atoms. The van der Waals surface area contributed by atoms with E-state index in [0.717, 1.165) is 31.0 Å². The average molecular weight is 417 g/mol. The van der Waals surface area contributed by atoms with Gasteiger partial charge in [-0.25, -0.2) is 18.5 Å². The van der Waals surface area contributed by atoms with Crippen molar-refractivity contribution >= 4 is 16.0 Å². The van der Waals surface area contributed by atoms with Crippen LogP contribution < -0.4 is 15.8 Å². The molecule has 0 fully saturated rings. The van der Waals surface area contributed by atoms with E-state index in [9.17, 15) is 8.42 Å². The first kappa shape index (κ1) is 22.9. The number of hydrogen-bond acceptors (Lipinski definition) is 3. The SMILES string of the molecule is CCNC(=NCc1ccc(S(N)(=O)=O)cc1)NCCc1ccc(C(C)(C)C)cc1. The highest BCUT2D eigenvalue weighted by atomic mass is 32.2. The van der Waals surface area contributed by atoms with Gasteiger partial charge in [-0.1, -0.05) is 57.2 Å². The first-order valence-electron chi connectivity index (χ1n) is 9.83. The molecule has 0 aliphatic heterocycles. The summed E-state index contributed by atoms with van der Waals surface area (Å²) in [5, 5.41) is 11.7. The maximum atomic E-state index is 11.3. The molecule has 6 nitrogen and oxygen atoms in total. The Balaban J connectivity index is 1.92. The van der Waals surface area contributed by atoms with E-state index in [-0.39, 0.29) is 10.3 Å². The maximum Gasteiger partial charge on any atom is 0.238 e. The highest BCUT2D eigenvalue weighted by Gasteiger charge is 2.12. The molecule has 0 atom stereocenters. The summed E-state index contributed by atoms with van der Waals surface area (Å²) in [4.78, 5) is 4.67. The number of rotatable bonds is 7. The van der Waals surface area contributed by atoms with E-state index in [4.69, 9.17) is 5.14 Å². The fourth-order valence-corrected chi connectivity index (χ4v) is 3.31. The first-order chi connectivity index (χ1) is 13.6. The number of aliphatic imine (C=N–C) groups is 1. The summed E-state index contributed by atoms with van der Waals surface area (Å²) in [6, 6.07) is 15.2. The molecule has 2 aromatic rings. The molecular formula is C22H32N4O2S. The molecule has 2 aromatic carbocycles. The highest BCUT2D eigenvalue weighted by molar-refractivity contribution is 7.89. The van der Waals surface area contributed by atoms with Crippen LogP contribution in [0.3, 0.4) is 0 Å². The Hall–Kier alpha value is -2.38. The number of guanidine groups is 1. The fraction of sp³-hybridized carbons (Fsp3) is 0.409. The van der Waals surface area contributed by atoms with Gasteiger partial charge < -0.3 is 10.6 Å². The summed E-state index contributed by atoms with van der Waals surface area (Å²) >= 11 is 0.